The van der Waals surface area contributed by atoms with Crippen LogP contribution in [-0.2, 0) is 9.59 Å². The minimum absolute atomic E-state index is 0.115. The molecule has 0 N–H and O–H groups in total. The molecule has 1 saturated carbocycles. The van der Waals surface area contributed by atoms with E-state index in [-0.39, 0.29) is 20.9 Å². The molecule has 0 spiro atoms. The molecule has 3 amide bonds. The Morgan fingerprint density at radius 1 is 0.919 bits per heavy atom. The van der Waals surface area contributed by atoms with Crippen LogP contribution in [-0.4, -0.2) is 59.6 Å². The van der Waals surface area contributed by atoms with Gasteiger partial charge in [-0.15, -0.1) is 0 Å². The second-order valence-electron chi connectivity index (χ2n) is 8.57. The van der Waals surface area contributed by atoms with Gasteiger partial charge < -0.3 is 0 Å². The van der Waals surface area contributed by atoms with Gasteiger partial charge in [-0.05, 0) is 18.9 Å². The zero-order valence-electron chi connectivity index (χ0n) is 18.9. The fourth-order valence-corrected chi connectivity index (χ4v) is 5.76. The van der Waals surface area contributed by atoms with Crippen molar-refractivity contribution < 1.29 is 29.0 Å². The van der Waals surface area contributed by atoms with Crippen LogP contribution in [0.5, 0.6) is 0 Å². The van der Waals surface area contributed by atoms with Crippen LogP contribution in [0.15, 0.2) is 48.5 Å². The average Bonchev–Trinajstić information content (AvgIpc) is 3.11. The second kappa shape index (κ2) is 10.5. The van der Waals surface area contributed by atoms with Crippen molar-refractivity contribution >= 4 is 66.7 Å². The zero-order valence-corrected chi connectivity index (χ0v) is 22.0. The lowest BCUT2D eigenvalue weighted by atomic mass is 9.81. The highest BCUT2D eigenvalue weighted by atomic mass is 79.9. The normalized spacial score (nSPS) is 22.9. The van der Waals surface area contributed by atoms with E-state index in [4.69, 9.17) is 0 Å². The lowest BCUT2D eigenvalue weighted by molar-refractivity contribution is -0.385. The molecule has 1 heterocycles. The lowest BCUT2D eigenvalue weighted by Gasteiger charge is -2.30. The number of nitro benzene ring substituents is 2. The molecule has 1 aliphatic heterocycles. The first-order valence-corrected chi connectivity index (χ1v) is 12.8. The number of alkyl halides is 2. The summed E-state index contributed by atoms with van der Waals surface area (Å²) in [5.41, 5.74) is -1.50. The van der Waals surface area contributed by atoms with Crippen LogP contribution in [0.4, 0.5) is 11.4 Å². The number of nitrogens with zero attached hydrogens (tertiary/aromatic N) is 4. The summed E-state index contributed by atoms with van der Waals surface area (Å²) in [4.78, 5) is 74.6. The predicted molar refractivity (Wildman–Crippen MR) is 135 cm³/mol. The number of imide groups is 1. The van der Waals surface area contributed by atoms with Crippen LogP contribution < -0.4 is 0 Å². The maximum atomic E-state index is 13.6. The van der Waals surface area contributed by atoms with Crippen molar-refractivity contribution in [2.75, 3.05) is 6.54 Å². The molecule has 12 nitrogen and oxygen atoms in total. The van der Waals surface area contributed by atoms with Gasteiger partial charge in [0.25, 0.3) is 29.1 Å². The Balaban J connectivity index is 1.76. The van der Waals surface area contributed by atoms with E-state index in [0.717, 1.165) is 18.2 Å². The highest BCUT2D eigenvalue weighted by molar-refractivity contribution is 9.12. The third-order valence-corrected chi connectivity index (χ3v) is 9.10. The molecule has 2 aromatic carbocycles. The number of non-ortho nitro benzene ring substituents is 1. The molecule has 4 atom stereocenters. The molecule has 0 radical (unpaired) electrons. The zero-order chi connectivity index (χ0) is 27.0. The summed E-state index contributed by atoms with van der Waals surface area (Å²) in [6, 6.07) is 9.73. The number of halogens is 2. The van der Waals surface area contributed by atoms with Crippen LogP contribution in [0.2, 0.25) is 0 Å². The number of amides is 3. The van der Waals surface area contributed by atoms with Gasteiger partial charge in [0.15, 0.2) is 5.78 Å². The van der Waals surface area contributed by atoms with Crippen LogP contribution in [0, 0.1) is 32.1 Å². The minimum atomic E-state index is -1.10. The number of fused-ring (bicyclic) bond motifs is 1. The van der Waals surface area contributed by atoms with Gasteiger partial charge in [0.1, 0.15) is 12.1 Å². The highest BCUT2D eigenvalue weighted by Gasteiger charge is 2.55. The van der Waals surface area contributed by atoms with Crippen molar-refractivity contribution in [3.05, 3.63) is 79.9 Å². The summed E-state index contributed by atoms with van der Waals surface area (Å²) in [5.74, 6) is -4.80. The van der Waals surface area contributed by atoms with E-state index in [1.54, 1.807) is 0 Å². The van der Waals surface area contributed by atoms with Gasteiger partial charge in [0, 0.05) is 33.4 Å². The summed E-state index contributed by atoms with van der Waals surface area (Å²) < 4.78 is 0. The minimum Gasteiger partial charge on any atom is -0.292 e. The van der Waals surface area contributed by atoms with E-state index < -0.39 is 63.0 Å². The number of carbonyl (C=O) groups is 4. The summed E-state index contributed by atoms with van der Waals surface area (Å²) in [5, 5.41) is 23.9. The summed E-state index contributed by atoms with van der Waals surface area (Å²) in [7, 11) is 0. The van der Waals surface area contributed by atoms with E-state index in [1.165, 1.54) is 30.3 Å². The topological polar surface area (TPSA) is 161 Å². The summed E-state index contributed by atoms with van der Waals surface area (Å²) in [6.07, 6.45) is 0.599. The number of rotatable bonds is 7. The van der Waals surface area contributed by atoms with Crippen molar-refractivity contribution in [2.45, 2.75) is 22.5 Å². The quantitative estimate of drug-likeness (QED) is 0.146. The van der Waals surface area contributed by atoms with Gasteiger partial charge in [0.2, 0.25) is 0 Å². The molecule has 4 rings (SSSR count). The number of Topliss-reactive ketones (excluding diaryl/α,β-unsaturated/α-hetero) is 1. The Bertz CT molecular complexity index is 1310. The molecule has 192 valence electrons. The Morgan fingerprint density at radius 2 is 1.51 bits per heavy atom. The molecule has 2 aromatic rings. The number of hydrogen-bond donors (Lipinski definition) is 0. The molecule has 1 aliphatic carbocycles. The monoisotopic (exact) mass is 636 g/mol. The smallest absolute Gasteiger partial charge is 0.282 e. The average molecular weight is 638 g/mol. The first kappa shape index (κ1) is 26.5. The first-order chi connectivity index (χ1) is 17.5. The van der Waals surface area contributed by atoms with Gasteiger partial charge in [-0.3, -0.25) is 39.4 Å². The summed E-state index contributed by atoms with van der Waals surface area (Å²) in [6.45, 7) is -0.849. The van der Waals surface area contributed by atoms with Crippen LogP contribution in [0.1, 0.15) is 33.6 Å². The molecule has 0 unspecified atom stereocenters. The predicted octanol–water partition coefficient (Wildman–Crippen LogP) is 3.67. The second-order valence-corrected chi connectivity index (χ2v) is 10.9. The standard InChI is InChI=1S/C23H18Br2N4O8/c24-17-9-15-16(10-18(17)25)23(33)27(22(15)32)26(21(31)14-6-1-2-7-19(14)29(36)37)11-20(30)12-4-3-5-13(8-12)28(34)35/h1-8,15-18H,9-11H2/t15-,16+,17+,18-. The van der Waals surface area contributed by atoms with E-state index in [9.17, 15) is 39.4 Å². The Kier molecular flexibility index (Phi) is 7.50. The van der Waals surface area contributed by atoms with Gasteiger partial charge in [-0.2, -0.15) is 5.01 Å². The number of carbonyl (C=O) groups excluding carboxylic acids is 4. The van der Waals surface area contributed by atoms with E-state index in [2.05, 4.69) is 31.9 Å². The molecule has 2 fully saturated rings. The molecule has 0 aromatic heterocycles. The molecule has 37 heavy (non-hydrogen) atoms. The third kappa shape index (κ3) is 5.03. The lowest BCUT2D eigenvalue weighted by Crippen LogP contribution is -2.52. The van der Waals surface area contributed by atoms with Crippen molar-refractivity contribution in [3.63, 3.8) is 0 Å². The number of hydrogen-bond acceptors (Lipinski definition) is 8. The van der Waals surface area contributed by atoms with Crippen molar-refractivity contribution in [3.8, 4) is 0 Å². The van der Waals surface area contributed by atoms with Crippen molar-refractivity contribution in [1.82, 2.24) is 10.0 Å². The van der Waals surface area contributed by atoms with Gasteiger partial charge in [-0.1, -0.05) is 56.1 Å². The Morgan fingerprint density at radius 3 is 2.08 bits per heavy atom. The molecular formula is C23H18Br2N4O8. The Hall–Kier alpha value is -3.52. The van der Waals surface area contributed by atoms with E-state index in [0.29, 0.717) is 22.9 Å². The number of para-hydroxylation sites is 1. The maximum Gasteiger partial charge on any atom is 0.282 e. The largest absolute Gasteiger partial charge is 0.292 e. The highest BCUT2D eigenvalue weighted by Crippen LogP contribution is 2.44. The molecule has 2 aliphatic rings. The van der Waals surface area contributed by atoms with Gasteiger partial charge in [-0.25, -0.2) is 5.01 Å². The van der Waals surface area contributed by atoms with E-state index in [1.807, 2.05) is 0 Å². The van der Waals surface area contributed by atoms with Crippen LogP contribution >= 0.6 is 31.9 Å². The molecule has 1 saturated heterocycles. The van der Waals surface area contributed by atoms with Gasteiger partial charge >= 0.3 is 0 Å². The number of ketones is 1. The van der Waals surface area contributed by atoms with Crippen LogP contribution in [0.25, 0.3) is 0 Å². The third-order valence-electron chi connectivity index (χ3n) is 6.37. The molecular weight excluding hydrogens is 620 g/mol. The fourth-order valence-electron chi connectivity index (χ4n) is 4.52. The SMILES string of the molecule is O=C(CN(C(=O)c1ccccc1[N+](=O)[O-])N1C(=O)[C@H]2C[C@@H](Br)[C@@H](Br)C[C@H]2C1=O)c1cccc([N+](=O)[O-])c1. The number of nitro groups is 2. The van der Waals surface area contributed by atoms with E-state index >= 15 is 0 Å². The Labute approximate surface area is 226 Å². The fraction of sp³-hybridized carbons (Fsp3) is 0.304. The van der Waals surface area contributed by atoms with Crippen LogP contribution in [0.3, 0.4) is 0 Å². The molecule has 14 heteroatoms. The number of benzene rings is 2. The van der Waals surface area contributed by atoms with Crippen molar-refractivity contribution in [2.24, 2.45) is 11.8 Å². The summed E-state index contributed by atoms with van der Waals surface area (Å²) >= 11 is 6.96. The first-order valence-electron chi connectivity index (χ1n) is 11.0. The number of hydrazine groups is 1. The van der Waals surface area contributed by atoms with Gasteiger partial charge in [0.05, 0.1) is 21.7 Å². The van der Waals surface area contributed by atoms with Crippen molar-refractivity contribution in [1.29, 1.82) is 0 Å². The molecule has 0 bridgehead atoms. The maximum absolute atomic E-state index is 13.6.